The van der Waals surface area contributed by atoms with E-state index in [0.717, 1.165) is 4.57 Å². The fourth-order valence-electron chi connectivity index (χ4n) is 2.17. The number of halogens is 1. The van der Waals surface area contributed by atoms with Crippen LogP contribution in [0.4, 0.5) is 4.39 Å². The van der Waals surface area contributed by atoms with Crippen LogP contribution in [0.15, 0.2) is 15.8 Å². The number of hydrogen-bond acceptors (Lipinski definition) is 5. The first-order chi connectivity index (χ1) is 9.97. The maximum atomic E-state index is 13.2. The van der Waals surface area contributed by atoms with Crippen LogP contribution in [0.3, 0.4) is 0 Å². The van der Waals surface area contributed by atoms with Crippen molar-refractivity contribution in [1.82, 2.24) is 14.9 Å². The molecule has 1 saturated heterocycles. The predicted octanol–water partition coefficient (Wildman–Crippen LogP) is -1.10. The average molecular weight is 301 g/mol. The number of carboxylic acids is 1. The summed E-state index contributed by atoms with van der Waals surface area (Å²) in [7, 11) is 0. The van der Waals surface area contributed by atoms with Crippen molar-refractivity contribution < 1.29 is 19.0 Å². The zero-order valence-corrected chi connectivity index (χ0v) is 11.2. The summed E-state index contributed by atoms with van der Waals surface area (Å²) in [5.41, 5.74) is -1.97. The molecule has 1 aliphatic heterocycles. The van der Waals surface area contributed by atoms with E-state index in [-0.39, 0.29) is 12.6 Å². The highest BCUT2D eigenvalue weighted by molar-refractivity contribution is 5.73. The lowest BCUT2D eigenvalue weighted by atomic mass is 10.1. The maximum absolute atomic E-state index is 13.2. The first-order valence-electron chi connectivity index (χ1n) is 6.53. The summed E-state index contributed by atoms with van der Waals surface area (Å²) in [6.45, 7) is 0.799. The Balaban J connectivity index is 2.12. The molecule has 2 rings (SSSR count). The number of H-pyrrole nitrogens is 1. The van der Waals surface area contributed by atoms with E-state index in [4.69, 9.17) is 4.74 Å². The van der Waals surface area contributed by atoms with Gasteiger partial charge >= 0.3 is 11.7 Å². The first-order valence-corrected chi connectivity index (χ1v) is 6.53. The predicted molar refractivity (Wildman–Crippen MR) is 69.7 cm³/mol. The molecule has 0 aliphatic carbocycles. The average Bonchev–Trinajstić information content (AvgIpc) is 2.44. The van der Waals surface area contributed by atoms with Gasteiger partial charge in [0.15, 0.2) is 0 Å². The molecule has 1 aromatic rings. The second-order valence-corrected chi connectivity index (χ2v) is 4.83. The Morgan fingerprint density at radius 1 is 1.52 bits per heavy atom. The van der Waals surface area contributed by atoms with Crippen molar-refractivity contribution in [3.8, 4) is 0 Å². The largest absolute Gasteiger partial charge is 0.480 e. The van der Waals surface area contributed by atoms with Crippen molar-refractivity contribution in [3.63, 3.8) is 0 Å². The van der Waals surface area contributed by atoms with Gasteiger partial charge in [-0.25, -0.2) is 4.79 Å². The van der Waals surface area contributed by atoms with Crippen molar-refractivity contribution in [2.45, 2.75) is 31.5 Å². The zero-order valence-electron chi connectivity index (χ0n) is 11.2. The molecular weight excluding hydrogens is 285 g/mol. The van der Waals surface area contributed by atoms with Gasteiger partial charge in [-0.3, -0.25) is 24.5 Å². The number of aromatic nitrogens is 2. The van der Waals surface area contributed by atoms with Crippen LogP contribution in [0.5, 0.6) is 0 Å². The molecule has 1 fully saturated rings. The molecule has 116 valence electrons. The Kier molecular flexibility index (Phi) is 4.86. The fourth-order valence-corrected chi connectivity index (χ4v) is 2.17. The van der Waals surface area contributed by atoms with Gasteiger partial charge in [0.05, 0.1) is 12.7 Å². The van der Waals surface area contributed by atoms with Crippen LogP contribution in [-0.2, 0) is 16.1 Å². The van der Waals surface area contributed by atoms with Crippen molar-refractivity contribution in [2.24, 2.45) is 0 Å². The van der Waals surface area contributed by atoms with Gasteiger partial charge < -0.3 is 9.84 Å². The molecule has 0 unspecified atom stereocenters. The van der Waals surface area contributed by atoms with Crippen LogP contribution < -0.4 is 16.6 Å². The monoisotopic (exact) mass is 301 g/mol. The van der Waals surface area contributed by atoms with Crippen molar-refractivity contribution >= 4 is 5.97 Å². The van der Waals surface area contributed by atoms with Crippen molar-refractivity contribution in [2.75, 3.05) is 13.2 Å². The van der Waals surface area contributed by atoms with Crippen LogP contribution in [0.1, 0.15) is 12.8 Å². The summed E-state index contributed by atoms with van der Waals surface area (Å²) in [5, 5.41) is 12.1. The first kappa shape index (κ1) is 15.4. The van der Waals surface area contributed by atoms with Crippen LogP contribution in [-0.4, -0.2) is 45.9 Å². The quantitative estimate of drug-likeness (QED) is 0.636. The number of ether oxygens (including phenoxy) is 1. The molecule has 0 aromatic carbocycles. The van der Waals surface area contributed by atoms with E-state index in [1.807, 2.05) is 0 Å². The van der Waals surface area contributed by atoms with E-state index in [2.05, 4.69) is 5.32 Å². The van der Waals surface area contributed by atoms with E-state index in [0.29, 0.717) is 32.3 Å². The third kappa shape index (κ3) is 3.99. The van der Waals surface area contributed by atoms with Crippen LogP contribution in [0.2, 0.25) is 0 Å². The molecule has 0 amide bonds. The smallest absolute Gasteiger partial charge is 0.328 e. The molecule has 1 aliphatic rings. The minimum absolute atomic E-state index is 0.0387. The summed E-state index contributed by atoms with van der Waals surface area (Å²) >= 11 is 0. The Morgan fingerprint density at radius 3 is 2.81 bits per heavy atom. The van der Waals surface area contributed by atoms with Gasteiger partial charge in [0.2, 0.25) is 5.82 Å². The van der Waals surface area contributed by atoms with E-state index in [9.17, 15) is 23.9 Å². The number of rotatable bonds is 5. The van der Waals surface area contributed by atoms with E-state index in [1.54, 1.807) is 4.98 Å². The molecule has 0 saturated carbocycles. The summed E-state index contributed by atoms with van der Waals surface area (Å²) < 4.78 is 19.2. The van der Waals surface area contributed by atoms with Gasteiger partial charge in [-0.15, -0.1) is 0 Å². The maximum Gasteiger partial charge on any atom is 0.328 e. The third-order valence-corrected chi connectivity index (χ3v) is 3.30. The van der Waals surface area contributed by atoms with Crippen LogP contribution in [0, 0.1) is 5.82 Å². The van der Waals surface area contributed by atoms with Gasteiger partial charge in [0, 0.05) is 19.3 Å². The van der Waals surface area contributed by atoms with Crippen LogP contribution in [0.25, 0.3) is 0 Å². The number of carboxylic acid groups (broad SMARTS) is 1. The molecule has 0 bridgehead atoms. The Morgan fingerprint density at radius 2 is 2.19 bits per heavy atom. The highest BCUT2D eigenvalue weighted by Crippen LogP contribution is 2.07. The normalized spacial score (nSPS) is 17.6. The lowest BCUT2D eigenvalue weighted by molar-refractivity contribution is -0.140. The lowest BCUT2D eigenvalue weighted by Crippen LogP contribution is -2.49. The van der Waals surface area contributed by atoms with Crippen molar-refractivity contribution in [3.05, 3.63) is 32.9 Å². The molecule has 8 nitrogen and oxygen atoms in total. The minimum Gasteiger partial charge on any atom is -0.480 e. The van der Waals surface area contributed by atoms with Crippen molar-refractivity contribution in [1.29, 1.82) is 0 Å². The second kappa shape index (κ2) is 6.64. The molecular formula is C12H16FN3O5. The van der Waals surface area contributed by atoms with E-state index >= 15 is 0 Å². The number of aromatic amines is 1. The molecule has 2 heterocycles. The molecule has 9 heteroatoms. The van der Waals surface area contributed by atoms with Crippen LogP contribution >= 0.6 is 0 Å². The highest BCUT2D eigenvalue weighted by atomic mass is 19.1. The van der Waals surface area contributed by atoms with Gasteiger partial charge in [-0.2, -0.15) is 4.39 Å². The summed E-state index contributed by atoms with van der Waals surface area (Å²) in [5.74, 6) is -2.29. The van der Waals surface area contributed by atoms with Gasteiger partial charge in [-0.1, -0.05) is 0 Å². The molecule has 1 atom stereocenters. The van der Waals surface area contributed by atoms with Gasteiger partial charge in [0.25, 0.3) is 5.56 Å². The van der Waals surface area contributed by atoms with Gasteiger partial charge in [-0.05, 0) is 12.8 Å². The number of nitrogens with zero attached hydrogens (tertiary/aromatic N) is 1. The molecule has 1 aromatic heterocycles. The number of aliphatic carboxylic acids is 1. The molecule has 0 radical (unpaired) electrons. The third-order valence-electron chi connectivity index (χ3n) is 3.30. The zero-order chi connectivity index (χ0) is 15.4. The van der Waals surface area contributed by atoms with Gasteiger partial charge in [0.1, 0.15) is 6.04 Å². The number of carbonyl (C=O) groups is 1. The molecule has 0 spiro atoms. The lowest BCUT2D eigenvalue weighted by Gasteiger charge is -2.26. The second-order valence-electron chi connectivity index (χ2n) is 4.83. The number of nitrogens with one attached hydrogen (secondary N) is 2. The Bertz CT molecular complexity index is 620. The minimum atomic E-state index is -1.15. The number of hydrogen-bond donors (Lipinski definition) is 3. The fraction of sp³-hybridized carbons (Fsp3) is 0.583. The molecule has 3 N–H and O–H groups in total. The Hall–Kier alpha value is -2.00. The SMILES string of the molecule is O=C(O)[C@H](Cn1cc(F)c(=O)[nH]c1=O)NC1CCOCC1. The topological polar surface area (TPSA) is 113 Å². The summed E-state index contributed by atoms with van der Waals surface area (Å²) in [6, 6.07) is -1.10. The molecule has 21 heavy (non-hydrogen) atoms. The van der Waals surface area contributed by atoms with E-state index in [1.165, 1.54) is 0 Å². The highest BCUT2D eigenvalue weighted by Gasteiger charge is 2.24. The summed E-state index contributed by atoms with van der Waals surface area (Å²) in [4.78, 5) is 35.5. The summed E-state index contributed by atoms with van der Waals surface area (Å²) in [6.07, 6.45) is 2.04. The standard InChI is InChI=1S/C12H16FN3O5/c13-8-5-16(12(20)15-10(8)17)6-9(11(18)19)14-7-1-3-21-4-2-7/h5,7,9,14H,1-4,6H2,(H,18,19)(H,15,17,20)/t9-/m0/s1. The Labute approximate surface area is 118 Å². The van der Waals surface area contributed by atoms with E-state index < -0.39 is 29.1 Å².